The minimum absolute atomic E-state index is 0.0851. The van der Waals surface area contributed by atoms with Gasteiger partial charge in [0, 0.05) is 38.2 Å². The normalized spacial score (nSPS) is 19.9. The predicted octanol–water partition coefficient (Wildman–Crippen LogP) is 3.01. The molecule has 3 rings (SSSR count). The zero-order chi connectivity index (χ0) is 17.1. The van der Waals surface area contributed by atoms with Gasteiger partial charge in [-0.2, -0.15) is 0 Å². The lowest BCUT2D eigenvalue weighted by Gasteiger charge is -2.36. The van der Waals surface area contributed by atoms with E-state index in [1.807, 2.05) is 28.9 Å². The Hall–Kier alpha value is -2.10. The number of hydrogen-bond donors (Lipinski definition) is 0. The smallest absolute Gasteiger partial charge is 0.246 e. The molecule has 2 amide bonds. The molecule has 0 aliphatic carbocycles. The van der Waals surface area contributed by atoms with Crippen molar-refractivity contribution in [2.75, 3.05) is 19.6 Å². The van der Waals surface area contributed by atoms with Crippen molar-refractivity contribution in [1.29, 1.82) is 0 Å². The Bertz CT molecular complexity index is 657. The van der Waals surface area contributed by atoms with E-state index in [-0.39, 0.29) is 11.8 Å². The number of amides is 2. The van der Waals surface area contributed by atoms with Crippen LogP contribution in [-0.4, -0.2) is 47.3 Å². The van der Waals surface area contributed by atoms with Crippen LogP contribution in [0.4, 0.5) is 0 Å². The number of piperidine rings is 1. The fourth-order valence-corrected chi connectivity index (χ4v) is 3.82. The molecule has 2 saturated heterocycles. The summed E-state index contributed by atoms with van der Waals surface area (Å²) in [6.45, 7) is 6.44. The molecule has 0 saturated carbocycles. The average Bonchev–Trinajstić information content (AvgIpc) is 3.01. The van der Waals surface area contributed by atoms with Crippen molar-refractivity contribution in [2.45, 2.75) is 45.6 Å². The third kappa shape index (κ3) is 3.53. The van der Waals surface area contributed by atoms with Gasteiger partial charge in [-0.25, -0.2) is 0 Å². The highest BCUT2D eigenvalue weighted by atomic mass is 16.2. The number of nitrogens with zero attached hydrogens (tertiary/aromatic N) is 2. The molecule has 2 heterocycles. The number of aryl methyl sites for hydroxylation is 1. The molecule has 128 valence electrons. The lowest BCUT2D eigenvalue weighted by Crippen LogP contribution is -2.46. The van der Waals surface area contributed by atoms with Crippen molar-refractivity contribution in [3.8, 4) is 0 Å². The standard InChI is InChI=1S/C20H26N2O2/c1-15-6-3-4-7-18(15)16(2)14-20(24)21-12-9-17(10-13-21)22-11-5-8-19(22)23/h3-4,6-7,14,17H,5,8-13H2,1-2H3/b16-14-. The molecule has 2 fully saturated rings. The number of hydrogen-bond acceptors (Lipinski definition) is 2. The van der Waals surface area contributed by atoms with Gasteiger partial charge >= 0.3 is 0 Å². The Balaban J connectivity index is 1.60. The second-order valence-corrected chi connectivity index (χ2v) is 6.89. The van der Waals surface area contributed by atoms with Gasteiger partial charge in [-0.3, -0.25) is 9.59 Å². The Labute approximate surface area is 144 Å². The van der Waals surface area contributed by atoms with Gasteiger partial charge in [-0.15, -0.1) is 0 Å². The van der Waals surface area contributed by atoms with Crippen LogP contribution >= 0.6 is 0 Å². The number of carbonyl (C=O) groups is 2. The summed E-state index contributed by atoms with van der Waals surface area (Å²) in [4.78, 5) is 28.4. The summed E-state index contributed by atoms with van der Waals surface area (Å²) in [6.07, 6.45) is 5.22. The van der Waals surface area contributed by atoms with E-state index in [2.05, 4.69) is 19.1 Å². The summed E-state index contributed by atoms with van der Waals surface area (Å²) in [5.74, 6) is 0.372. The Morgan fingerprint density at radius 1 is 1.17 bits per heavy atom. The first kappa shape index (κ1) is 16.7. The molecular formula is C20H26N2O2. The average molecular weight is 326 g/mol. The van der Waals surface area contributed by atoms with E-state index >= 15 is 0 Å². The minimum atomic E-state index is 0.0851. The number of benzene rings is 1. The van der Waals surface area contributed by atoms with Gasteiger partial charge < -0.3 is 9.80 Å². The van der Waals surface area contributed by atoms with Gasteiger partial charge in [0.1, 0.15) is 0 Å². The molecule has 2 aliphatic heterocycles. The van der Waals surface area contributed by atoms with Crippen LogP contribution in [0, 0.1) is 6.92 Å². The molecule has 0 atom stereocenters. The second kappa shape index (κ2) is 7.20. The maximum absolute atomic E-state index is 12.6. The number of likely N-dealkylation sites (tertiary alicyclic amines) is 2. The highest BCUT2D eigenvalue weighted by Gasteiger charge is 2.31. The summed E-state index contributed by atoms with van der Waals surface area (Å²) in [6, 6.07) is 8.46. The third-order valence-electron chi connectivity index (χ3n) is 5.24. The first-order chi connectivity index (χ1) is 11.6. The van der Waals surface area contributed by atoms with E-state index in [9.17, 15) is 9.59 Å². The van der Waals surface area contributed by atoms with Gasteiger partial charge in [0.2, 0.25) is 11.8 Å². The summed E-state index contributed by atoms with van der Waals surface area (Å²) in [7, 11) is 0. The molecule has 1 aromatic carbocycles. The molecule has 0 radical (unpaired) electrons. The van der Waals surface area contributed by atoms with Gasteiger partial charge in [0.05, 0.1) is 0 Å². The van der Waals surface area contributed by atoms with Gasteiger partial charge in [0.15, 0.2) is 0 Å². The van der Waals surface area contributed by atoms with E-state index in [1.54, 1.807) is 6.08 Å². The van der Waals surface area contributed by atoms with E-state index in [4.69, 9.17) is 0 Å². The van der Waals surface area contributed by atoms with Crippen LogP contribution < -0.4 is 0 Å². The number of rotatable bonds is 3. The van der Waals surface area contributed by atoms with E-state index < -0.39 is 0 Å². The van der Waals surface area contributed by atoms with Crippen molar-refractivity contribution in [2.24, 2.45) is 0 Å². The zero-order valence-corrected chi connectivity index (χ0v) is 14.6. The molecule has 0 aromatic heterocycles. The number of allylic oxidation sites excluding steroid dienone is 1. The molecular weight excluding hydrogens is 300 g/mol. The van der Waals surface area contributed by atoms with Gasteiger partial charge in [0.25, 0.3) is 0 Å². The maximum Gasteiger partial charge on any atom is 0.246 e. The third-order valence-corrected chi connectivity index (χ3v) is 5.24. The highest BCUT2D eigenvalue weighted by Crippen LogP contribution is 2.23. The summed E-state index contributed by atoms with van der Waals surface area (Å²) in [5, 5.41) is 0. The molecule has 4 nitrogen and oxygen atoms in total. The van der Waals surface area contributed by atoms with Crippen LogP contribution in [0.2, 0.25) is 0 Å². The first-order valence-electron chi connectivity index (χ1n) is 8.89. The van der Waals surface area contributed by atoms with Crippen molar-refractivity contribution < 1.29 is 9.59 Å². The molecule has 0 N–H and O–H groups in total. The predicted molar refractivity (Wildman–Crippen MR) is 95.4 cm³/mol. The summed E-state index contributed by atoms with van der Waals surface area (Å²) in [5.41, 5.74) is 3.32. The SMILES string of the molecule is C/C(=C/C(=O)N1CCC(N2CCCC2=O)CC1)c1ccccc1C. The van der Waals surface area contributed by atoms with Crippen LogP contribution in [0.15, 0.2) is 30.3 Å². The van der Waals surface area contributed by atoms with E-state index in [0.717, 1.165) is 50.0 Å². The highest BCUT2D eigenvalue weighted by molar-refractivity contribution is 5.95. The quantitative estimate of drug-likeness (QED) is 0.801. The molecule has 0 spiro atoms. The molecule has 24 heavy (non-hydrogen) atoms. The van der Waals surface area contributed by atoms with E-state index in [0.29, 0.717) is 12.5 Å². The molecule has 1 aromatic rings. The zero-order valence-electron chi connectivity index (χ0n) is 14.6. The topological polar surface area (TPSA) is 40.6 Å². The van der Waals surface area contributed by atoms with Crippen LogP contribution in [-0.2, 0) is 9.59 Å². The summed E-state index contributed by atoms with van der Waals surface area (Å²) >= 11 is 0. The minimum Gasteiger partial charge on any atom is -0.340 e. The lowest BCUT2D eigenvalue weighted by molar-refractivity contribution is -0.132. The van der Waals surface area contributed by atoms with Gasteiger partial charge in [-0.1, -0.05) is 24.3 Å². The first-order valence-corrected chi connectivity index (χ1v) is 8.89. The van der Waals surface area contributed by atoms with E-state index in [1.165, 1.54) is 5.56 Å². The Morgan fingerprint density at radius 2 is 1.88 bits per heavy atom. The lowest BCUT2D eigenvalue weighted by atomic mass is 10.0. The molecule has 2 aliphatic rings. The van der Waals surface area contributed by atoms with Crippen LogP contribution in [0.25, 0.3) is 5.57 Å². The molecule has 4 heteroatoms. The van der Waals surface area contributed by atoms with Crippen LogP contribution in [0.1, 0.15) is 43.7 Å². The monoisotopic (exact) mass is 326 g/mol. The van der Waals surface area contributed by atoms with Crippen LogP contribution in [0.5, 0.6) is 0 Å². The Morgan fingerprint density at radius 3 is 2.50 bits per heavy atom. The van der Waals surface area contributed by atoms with Crippen LogP contribution in [0.3, 0.4) is 0 Å². The molecule has 0 bridgehead atoms. The van der Waals surface area contributed by atoms with Crippen molar-refractivity contribution in [3.05, 3.63) is 41.5 Å². The van der Waals surface area contributed by atoms with Crippen molar-refractivity contribution >= 4 is 17.4 Å². The fraction of sp³-hybridized carbons (Fsp3) is 0.500. The number of carbonyl (C=O) groups excluding carboxylic acids is 2. The van der Waals surface area contributed by atoms with Gasteiger partial charge in [-0.05, 0) is 49.8 Å². The molecule has 0 unspecified atom stereocenters. The second-order valence-electron chi connectivity index (χ2n) is 6.89. The fourth-order valence-electron chi connectivity index (χ4n) is 3.82. The maximum atomic E-state index is 12.6. The summed E-state index contributed by atoms with van der Waals surface area (Å²) < 4.78 is 0. The van der Waals surface area contributed by atoms with Crippen molar-refractivity contribution in [1.82, 2.24) is 9.80 Å². The largest absolute Gasteiger partial charge is 0.340 e. The van der Waals surface area contributed by atoms with Crippen molar-refractivity contribution in [3.63, 3.8) is 0 Å². The Kier molecular flexibility index (Phi) is 5.03.